The van der Waals surface area contributed by atoms with Crippen molar-refractivity contribution in [3.05, 3.63) is 52.9 Å². The van der Waals surface area contributed by atoms with Gasteiger partial charge in [-0.3, -0.25) is 4.79 Å². The number of halogens is 1. The molecule has 1 unspecified atom stereocenters. The number of nitrogens with two attached hydrogens (primary N) is 1. The van der Waals surface area contributed by atoms with E-state index >= 15 is 0 Å². The summed E-state index contributed by atoms with van der Waals surface area (Å²) in [5.74, 6) is -0.416. The van der Waals surface area contributed by atoms with Gasteiger partial charge in [0.1, 0.15) is 23.3 Å². The molecule has 1 aromatic heterocycles. The highest BCUT2D eigenvalue weighted by Gasteiger charge is 2.37. The van der Waals surface area contributed by atoms with Gasteiger partial charge in [-0.1, -0.05) is 11.2 Å². The van der Waals surface area contributed by atoms with Crippen LogP contribution in [0.5, 0.6) is 5.75 Å². The van der Waals surface area contributed by atoms with Gasteiger partial charge in [0.2, 0.25) is 10.0 Å². The predicted octanol–water partition coefficient (Wildman–Crippen LogP) is 2.55. The molecule has 1 saturated carbocycles. The van der Waals surface area contributed by atoms with Gasteiger partial charge >= 0.3 is 0 Å². The fraction of sp³-hybridized carbons (Fsp3) is 0.500. The highest BCUT2D eigenvalue weighted by molar-refractivity contribution is 7.88. The first kappa shape index (κ1) is 26.0. The molecule has 2 aromatic rings. The van der Waals surface area contributed by atoms with Crippen molar-refractivity contribution in [3.63, 3.8) is 0 Å². The van der Waals surface area contributed by atoms with Crippen LogP contribution in [0.25, 0.3) is 0 Å². The van der Waals surface area contributed by atoms with Crippen LogP contribution in [0.4, 0.5) is 4.39 Å². The van der Waals surface area contributed by atoms with E-state index in [0.29, 0.717) is 42.1 Å². The first-order valence-corrected chi connectivity index (χ1v) is 13.6. The molecule has 1 amide bonds. The number of aromatic nitrogens is 2. The molecule has 2 heterocycles. The van der Waals surface area contributed by atoms with Crippen LogP contribution in [-0.4, -0.2) is 59.8 Å². The van der Waals surface area contributed by atoms with Gasteiger partial charge in [0, 0.05) is 19.0 Å². The summed E-state index contributed by atoms with van der Waals surface area (Å²) in [6, 6.07) is 5.74. The molecular weight excluding hydrogens is 489 g/mol. The van der Waals surface area contributed by atoms with Gasteiger partial charge in [-0.2, -0.15) is 4.31 Å². The van der Waals surface area contributed by atoms with Gasteiger partial charge in [-0.05, 0) is 62.3 Å². The Kier molecular flexibility index (Phi) is 7.55. The number of methoxy groups -OCH3 is 1. The summed E-state index contributed by atoms with van der Waals surface area (Å²) >= 11 is 0. The zero-order valence-corrected chi connectivity index (χ0v) is 21.3. The molecule has 10 nitrogen and oxygen atoms in total. The summed E-state index contributed by atoms with van der Waals surface area (Å²) in [5, 5.41) is 4.20. The quantitative estimate of drug-likeness (QED) is 0.566. The molecule has 0 radical (unpaired) electrons. The van der Waals surface area contributed by atoms with Crippen molar-refractivity contribution in [2.24, 2.45) is 16.8 Å². The van der Waals surface area contributed by atoms with Crippen molar-refractivity contribution < 1.29 is 27.2 Å². The molecular formula is C24H30FN5O5S. The molecule has 1 aliphatic carbocycles. The minimum atomic E-state index is -3.50. The molecule has 2 aliphatic rings. The molecule has 0 bridgehead atoms. The number of primary amides is 1. The Morgan fingerprint density at radius 2 is 1.94 bits per heavy atom. The van der Waals surface area contributed by atoms with Crippen LogP contribution in [0.15, 0.2) is 29.4 Å². The molecule has 1 fully saturated rings. The zero-order valence-electron chi connectivity index (χ0n) is 20.5. The number of hydrogen-bond acceptors (Lipinski definition) is 8. The number of carbonyl (C=O) groups is 1. The average molecular weight is 520 g/mol. The lowest BCUT2D eigenvalue weighted by Gasteiger charge is -2.36. The lowest BCUT2D eigenvalue weighted by Crippen LogP contribution is -2.42. The first-order chi connectivity index (χ1) is 17.0. The largest absolute Gasteiger partial charge is 0.494 e. The lowest BCUT2D eigenvalue weighted by atomic mass is 9.81. The number of nitrogens with zero attached hydrogens (tertiary/aromatic N) is 4. The summed E-state index contributed by atoms with van der Waals surface area (Å²) in [4.78, 5) is 25.7. The molecule has 1 aromatic carbocycles. The Bertz CT molecular complexity index is 1280. The summed E-state index contributed by atoms with van der Waals surface area (Å²) in [6.07, 6.45) is 4.46. The van der Waals surface area contributed by atoms with E-state index < -0.39 is 21.7 Å². The molecule has 36 heavy (non-hydrogen) atoms. The van der Waals surface area contributed by atoms with Crippen molar-refractivity contribution in [2.45, 2.75) is 57.7 Å². The smallest absolute Gasteiger partial charge is 0.267 e. The van der Waals surface area contributed by atoms with E-state index in [1.54, 1.807) is 13.0 Å². The van der Waals surface area contributed by atoms with E-state index in [4.69, 9.17) is 15.3 Å². The van der Waals surface area contributed by atoms with Gasteiger partial charge in [-0.25, -0.2) is 22.8 Å². The predicted molar refractivity (Wildman–Crippen MR) is 130 cm³/mol. The van der Waals surface area contributed by atoms with Crippen LogP contribution in [0, 0.1) is 18.7 Å². The van der Waals surface area contributed by atoms with Crippen LogP contribution in [-0.2, 0) is 21.4 Å². The van der Waals surface area contributed by atoms with Crippen LogP contribution in [0.1, 0.15) is 59.7 Å². The number of hydrogen-bond donors (Lipinski definition) is 1. The number of rotatable bonds is 8. The topological polar surface area (TPSA) is 137 Å². The van der Waals surface area contributed by atoms with E-state index in [0.717, 1.165) is 12.8 Å². The second kappa shape index (κ2) is 10.5. The molecule has 2 N–H and O–H groups in total. The van der Waals surface area contributed by atoms with Gasteiger partial charge in [0.25, 0.3) is 5.91 Å². The Labute approximate surface area is 209 Å². The summed E-state index contributed by atoms with van der Waals surface area (Å²) in [7, 11) is -2.12. The number of aryl methyl sites for hydroxylation is 1. The van der Waals surface area contributed by atoms with Crippen molar-refractivity contribution in [2.75, 3.05) is 13.4 Å². The fourth-order valence-electron chi connectivity index (χ4n) is 4.90. The second-order valence-corrected chi connectivity index (χ2v) is 11.2. The van der Waals surface area contributed by atoms with Crippen LogP contribution < -0.4 is 10.5 Å². The van der Waals surface area contributed by atoms with E-state index in [-0.39, 0.29) is 36.1 Å². The second-order valence-electron chi connectivity index (χ2n) is 9.28. The Balaban J connectivity index is 1.39. The van der Waals surface area contributed by atoms with Gasteiger partial charge in [-0.15, -0.1) is 0 Å². The fourth-order valence-corrected chi connectivity index (χ4v) is 6.04. The monoisotopic (exact) mass is 519 g/mol. The maximum Gasteiger partial charge on any atom is 0.267 e. The first-order valence-electron chi connectivity index (χ1n) is 11.7. The van der Waals surface area contributed by atoms with Crippen LogP contribution in [0.3, 0.4) is 0 Å². The summed E-state index contributed by atoms with van der Waals surface area (Å²) in [6.45, 7) is 1.83. The Morgan fingerprint density at radius 3 is 2.58 bits per heavy atom. The third kappa shape index (κ3) is 5.81. The van der Waals surface area contributed by atoms with Crippen molar-refractivity contribution in [1.82, 2.24) is 14.3 Å². The molecule has 1 aliphatic heterocycles. The van der Waals surface area contributed by atoms with E-state index in [1.165, 1.54) is 35.9 Å². The third-order valence-corrected chi connectivity index (χ3v) is 8.01. The van der Waals surface area contributed by atoms with Gasteiger partial charge < -0.3 is 15.3 Å². The molecule has 194 valence electrons. The zero-order chi connectivity index (χ0) is 26.0. The minimum absolute atomic E-state index is 0.0840. The summed E-state index contributed by atoms with van der Waals surface area (Å²) < 4.78 is 45.6. The molecule has 0 saturated heterocycles. The highest BCUT2D eigenvalue weighted by atomic mass is 32.2. The van der Waals surface area contributed by atoms with Crippen molar-refractivity contribution in [3.8, 4) is 5.75 Å². The van der Waals surface area contributed by atoms with E-state index in [1.807, 2.05) is 0 Å². The number of benzene rings is 1. The number of sulfonamides is 1. The Hall–Kier alpha value is -3.12. The highest BCUT2D eigenvalue weighted by Crippen LogP contribution is 2.36. The van der Waals surface area contributed by atoms with E-state index in [9.17, 15) is 17.6 Å². The third-order valence-electron chi connectivity index (χ3n) is 6.73. The minimum Gasteiger partial charge on any atom is -0.494 e. The van der Waals surface area contributed by atoms with Crippen molar-refractivity contribution >= 4 is 21.6 Å². The standard InChI is InChI=1S/C24H30FN5O5S/c1-14-27-19(11-21(28-14)24(26)31)20-12-22(35-29-20)16-5-7-17(8-6-16)30(36(3,32)33)13-15-4-9-18(25)23(10-15)34-2/h4,9-11,16-17,22H,5-8,12-13H2,1-3H3,(H2,26,31). The summed E-state index contributed by atoms with van der Waals surface area (Å²) in [5.41, 5.74) is 7.31. The number of ether oxygens (including phenoxy) is 1. The van der Waals surface area contributed by atoms with Crippen LogP contribution >= 0.6 is 0 Å². The molecule has 1 atom stereocenters. The van der Waals surface area contributed by atoms with E-state index in [2.05, 4.69) is 15.1 Å². The SMILES string of the molecule is COc1cc(CN(C2CCC(C3CC(c4cc(C(N)=O)nc(C)n4)=NO3)CC2)S(C)(=O)=O)ccc1F. The lowest BCUT2D eigenvalue weighted by molar-refractivity contribution is 0.0191. The van der Waals surface area contributed by atoms with Gasteiger partial charge in [0.15, 0.2) is 11.6 Å². The molecule has 4 rings (SSSR count). The van der Waals surface area contributed by atoms with Crippen LogP contribution in [0.2, 0.25) is 0 Å². The average Bonchev–Trinajstić information content (AvgIpc) is 3.33. The van der Waals surface area contributed by atoms with Gasteiger partial charge in [0.05, 0.1) is 19.1 Å². The van der Waals surface area contributed by atoms with Crippen molar-refractivity contribution in [1.29, 1.82) is 0 Å². The number of carbonyl (C=O) groups excluding carboxylic acids is 1. The number of oxime groups is 1. The Morgan fingerprint density at radius 1 is 1.22 bits per heavy atom. The maximum atomic E-state index is 13.8. The normalized spacial score (nSPS) is 22.2. The number of amides is 1. The maximum absolute atomic E-state index is 13.8. The molecule has 12 heteroatoms. The molecule has 0 spiro atoms.